The number of likely N-dealkylation sites (tertiary alicyclic amines) is 2. The summed E-state index contributed by atoms with van der Waals surface area (Å²) in [6, 6.07) is -0.359. The highest BCUT2D eigenvalue weighted by Crippen LogP contribution is 2.48. The van der Waals surface area contributed by atoms with E-state index in [4.69, 9.17) is 0 Å². The van der Waals surface area contributed by atoms with Gasteiger partial charge in [0.1, 0.15) is 25.2 Å². The molecule has 4 rings (SSSR count). The van der Waals surface area contributed by atoms with Crippen LogP contribution in [0.25, 0.3) is 0 Å². The predicted octanol–water partition coefficient (Wildman–Crippen LogP) is 4.96. The molecule has 0 radical (unpaired) electrons. The van der Waals surface area contributed by atoms with Gasteiger partial charge in [-0.3, -0.25) is 9.59 Å². The number of quaternary nitrogens is 2. The maximum atomic E-state index is 13.9. The quantitative estimate of drug-likeness (QED) is 0.377. The Balaban J connectivity index is 1.55. The summed E-state index contributed by atoms with van der Waals surface area (Å²) in [5, 5.41) is 24.6. The van der Waals surface area contributed by atoms with Crippen LogP contribution in [-0.4, -0.2) is 103 Å². The minimum absolute atomic E-state index is 0.0689. The second-order valence-corrected chi connectivity index (χ2v) is 14.5. The molecule has 2 N–H and O–H groups in total. The highest BCUT2D eigenvalue weighted by molar-refractivity contribution is 5.82. The molecule has 0 aromatic carbocycles. The average molecular weight is 551 g/mol. The molecule has 4 fully saturated rings. The first-order valence-corrected chi connectivity index (χ1v) is 16.1. The van der Waals surface area contributed by atoms with Gasteiger partial charge in [-0.1, -0.05) is 0 Å². The topological polar surface area (TPSA) is 81.1 Å². The highest BCUT2D eigenvalue weighted by Gasteiger charge is 2.63. The van der Waals surface area contributed by atoms with E-state index in [1.165, 1.54) is 0 Å². The Morgan fingerprint density at radius 3 is 1.28 bits per heavy atom. The van der Waals surface area contributed by atoms with Crippen LogP contribution in [0, 0.1) is 11.8 Å². The Labute approximate surface area is 237 Å². The molecule has 0 aromatic rings. The summed E-state index contributed by atoms with van der Waals surface area (Å²) in [7, 11) is 0. The molecule has 0 aromatic heterocycles. The Bertz CT molecular complexity index is 808. The van der Waals surface area contributed by atoms with Crippen LogP contribution in [-0.2, 0) is 9.59 Å². The smallest absolute Gasteiger partial charge is 0.284 e. The minimum Gasteiger partial charge on any atom is -0.333 e. The second-order valence-electron chi connectivity index (χ2n) is 14.5. The fourth-order valence-electron chi connectivity index (χ4n) is 9.52. The first-order valence-electron chi connectivity index (χ1n) is 16.1. The van der Waals surface area contributed by atoms with Crippen LogP contribution in [0.3, 0.4) is 0 Å². The molecule has 2 aliphatic heterocycles. The zero-order valence-electron chi connectivity index (χ0n) is 26.1. The Kier molecular flexibility index (Phi) is 9.12. The molecule has 2 aliphatic carbocycles. The molecule has 4 aliphatic rings. The normalized spacial score (nSPS) is 37.8. The van der Waals surface area contributed by atoms with Gasteiger partial charge in [0.25, 0.3) is 11.8 Å². The molecule has 8 heteroatoms. The number of amides is 2. The van der Waals surface area contributed by atoms with Gasteiger partial charge in [-0.25, -0.2) is 10.4 Å². The van der Waals surface area contributed by atoms with E-state index >= 15 is 0 Å². The third-order valence-corrected chi connectivity index (χ3v) is 10.9. The van der Waals surface area contributed by atoms with Crippen LogP contribution in [0.5, 0.6) is 0 Å². The largest absolute Gasteiger partial charge is 0.333 e. The summed E-state index contributed by atoms with van der Waals surface area (Å²) in [5.41, 5.74) is 0. The van der Waals surface area contributed by atoms with Crippen molar-refractivity contribution in [2.24, 2.45) is 11.8 Å². The van der Waals surface area contributed by atoms with Crippen molar-refractivity contribution in [3.8, 4) is 0 Å². The third-order valence-electron chi connectivity index (χ3n) is 10.9. The van der Waals surface area contributed by atoms with Crippen LogP contribution < -0.4 is 0 Å². The van der Waals surface area contributed by atoms with E-state index in [-0.39, 0.29) is 57.4 Å². The molecular weight excluding hydrogens is 492 g/mol. The lowest BCUT2D eigenvalue weighted by atomic mass is 10.0. The van der Waals surface area contributed by atoms with Crippen LogP contribution in [0.15, 0.2) is 0 Å². The van der Waals surface area contributed by atoms with Gasteiger partial charge in [0.05, 0.1) is 6.42 Å². The van der Waals surface area contributed by atoms with Crippen molar-refractivity contribution in [2.45, 2.75) is 162 Å². The fraction of sp³-hybridized carbons (Fsp3) is 0.935. The van der Waals surface area contributed by atoms with Crippen molar-refractivity contribution >= 4 is 11.8 Å². The van der Waals surface area contributed by atoms with Crippen LogP contribution in [0.2, 0.25) is 0 Å². The SMILES string of the molecule is CC(C)N(C(=O)[C@@H]1C[C@@H]2CCC[C@@H]2[N+]1(O)CCC[N+]1(O)[C@H](C(=O)N(C(C)C)C(C)C)C[C@@H]2CCC[C@@H]21)C(C)C. The highest BCUT2D eigenvalue weighted by atomic mass is 16.6. The van der Waals surface area contributed by atoms with Crippen molar-refractivity contribution in [1.82, 2.24) is 9.80 Å². The molecule has 0 spiro atoms. The fourth-order valence-corrected chi connectivity index (χ4v) is 9.52. The summed E-state index contributed by atoms with van der Waals surface area (Å²) < 4.78 is -0.369. The average Bonchev–Trinajstić information content (AvgIpc) is 3.57. The number of fused-ring (bicyclic) bond motifs is 2. The molecule has 0 bridgehead atoms. The number of hydrogen-bond acceptors (Lipinski definition) is 4. The molecule has 8 nitrogen and oxygen atoms in total. The summed E-state index contributed by atoms with van der Waals surface area (Å²) in [4.78, 5) is 31.7. The monoisotopic (exact) mass is 550 g/mol. The van der Waals surface area contributed by atoms with Crippen LogP contribution in [0.4, 0.5) is 0 Å². The van der Waals surface area contributed by atoms with Gasteiger partial charge in [-0.15, -0.1) is 0 Å². The van der Waals surface area contributed by atoms with Crippen molar-refractivity contribution in [2.75, 3.05) is 13.1 Å². The Hall–Kier alpha value is -1.22. The third kappa shape index (κ3) is 5.40. The zero-order valence-corrected chi connectivity index (χ0v) is 26.1. The molecule has 2 amide bonds. The zero-order chi connectivity index (χ0) is 28.9. The number of hydroxylamine groups is 6. The van der Waals surface area contributed by atoms with Gasteiger partial charge in [0.15, 0.2) is 12.1 Å². The van der Waals surface area contributed by atoms with E-state index in [2.05, 4.69) is 55.4 Å². The van der Waals surface area contributed by atoms with Gasteiger partial charge in [0.2, 0.25) is 0 Å². The minimum atomic E-state index is -0.440. The van der Waals surface area contributed by atoms with Crippen LogP contribution >= 0.6 is 0 Å². The molecule has 2 saturated heterocycles. The molecule has 2 unspecified atom stereocenters. The Morgan fingerprint density at radius 1 is 0.641 bits per heavy atom. The van der Waals surface area contributed by atoms with E-state index in [1.54, 1.807) is 0 Å². The standard InChI is InChI=1S/C31H58N4O4/c1-20(2)32(21(3)4)30(36)28-18-24-12-9-14-26(24)34(28,38)16-11-17-35(39)27-15-10-13-25(27)19-29(35)31(37)33(22(5)6)23(7)8/h20-29,38-39H,9-19H2,1-8H3/q+2/t24-,25-,26-,27-,28-,29-,34?,35?/m0/s1. The maximum absolute atomic E-state index is 13.9. The van der Waals surface area contributed by atoms with E-state index in [0.29, 0.717) is 31.3 Å². The van der Waals surface area contributed by atoms with Crippen molar-refractivity contribution in [1.29, 1.82) is 0 Å². The van der Waals surface area contributed by atoms with E-state index in [1.807, 2.05) is 9.80 Å². The van der Waals surface area contributed by atoms with Gasteiger partial charge in [-0.2, -0.15) is 9.29 Å². The van der Waals surface area contributed by atoms with E-state index < -0.39 is 12.1 Å². The molecular formula is C31H58N4O4+2. The van der Waals surface area contributed by atoms with Crippen molar-refractivity contribution in [3.63, 3.8) is 0 Å². The summed E-state index contributed by atoms with van der Waals surface area (Å²) in [6.45, 7) is 17.4. The van der Waals surface area contributed by atoms with Gasteiger partial charge in [-0.05, 0) is 81.1 Å². The lowest BCUT2D eigenvalue weighted by molar-refractivity contribution is -1.14. The first kappa shape index (κ1) is 30.7. The second kappa shape index (κ2) is 11.6. The first-order chi connectivity index (χ1) is 18.2. The van der Waals surface area contributed by atoms with Gasteiger partial charge >= 0.3 is 0 Å². The lowest BCUT2D eigenvalue weighted by Gasteiger charge is -2.42. The van der Waals surface area contributed by atoms with Crippen molar-refractivity contribution < 1.29 is 29.3 Å². The summed E-state index contributed by atoms with van der Waals surface area (Å²) >= 11 is 0. The lowest BCUT2D eigenvalue weighted by Crippen LogP contribution is -2.64. The maximum Gasteiger partial charge on any atom is 0.284 e. The molecule has 2 heterocycles. The van der Waals surface area contributed by atoms with Crippen LogP contribution in [0.1, 0.15) is 113 Å². The molecule has 39 heavy (non-hydrogen) atoms. The van der Waals surface area contributed by atoms with E-state index in [0.717, 1.165) is 51.4 Å². The number of nitrogens with zero attached hydrogens (tertiary/aromatic N) is 4. The summed E-state index contributed by atoms with van der Waals surface area (Å²) in [5.74, 6) is 0.903. The van der Waals surface area contributed by atoms with Gasteiger partial charge in [0, 0.05) is 61.7 Å². The number of hydrogen-bond donors (Lipinski definition) is 2. The Morgan fingerprint density at radius 2 is 0.974 bits per heavy atom. The molecule has 8 atom stereocenters. The predicted molar refractivity (Wildman–Crippen MR) is 152 cm³/mol. The molecule has 2 saturated carbocycles. The number of carbonyl (C=O) groups is 2. The number of carbonyl (C=O) groups excluding carboxylic acids is 2. The number of rotatable bonds is 10. The summed E-state index contributed by atoms with van der Waals surface area (Å²) in [6.07, 6.45) is 8.38. The van der Waals surface area contributed by atoms with E-state index in [9.17, 15) is 20.0 Å². The van der Waals surface area contributed by atoms with Crippen molar-refractivity contribution in [3.05, 3.63) is 0 Å². The van der Waals surface area contributed by atoms with Gasteiger partial charge < -0.3 is 9.80 Å². The molecule has 224 valence electrons.